The first-order chi connectivity index (χ1) is 13.5. The van der Waals surface area contributed by atoms with Crippen LogP contribution in [0.15, 0.2) is 51.6 Å². The van der Waals surface area contributed by atoms with Crippen molar-refractivity contribution in [3.05, 3.63) is 57.5 Å². The SMILES string of the molecule is C[C@H]1C[NH+](Cn2nc(-c3ccc(Br)o3)n(Cc3ccccc3)c2=S)C[C@H](C)O1. The minimum atomic E-state index is 0.236. The monoisotopic (exact) mass is 463 g/mol. The molecule has 148 valence electrons. The molecule has 1 saturated heterocycles. The quantitative estimate of drug-likeness (QED) is 0.590. The second-order valence-electron chi connectivity index (χ2n) is 7.35. The van der Waals surface area contributed by atoms with Gasteiger partial charge in [0.05, 0.1) is 6.54 Å². The van der Waals surface area contributed by atoms with Crippen molar-refractivity contribution in [1.82, 2.24) is 14.3 Å². The molecule has 1 aliphatic heterocycles. The summed E-state index contributed by atoms with van der Waals surface area (Å²) < 4.78 is 17.0. The molecule has 0 unspecified atom stereocenters. The molecule has 1 N–H and O–H groups in total. The lowest BCUT2D eigenvalue weighted by Crippen LogP contribution is -3.14. The van der Waals surface area contributed by atoms with Gasteiger partial charge in [-0.2, -0.15) is 4.68 Å². The third kappa shape index (κ3) is 4.30. The Morgan fingerprint density at radius 1 is 1.14 bits per heavy atom. The Hall–Kier alpha value is -1.74. The number of nitrogens with zero attached hydrogens (tertiary/aromatic N) is 3. The molecule has 0 bridgehead atoms. The summed E-state index contributed by atoms with van der Waals surface area (Å²) in [5.74, 6) is 1.44. The molecule has 3 aromatic rings. The van der Waals surface area contributed by atoms with E-state index in [1.807, 2.05) is 39.6 Å². The lowest BCUT2D eigenvalue weighted by Gasteiger charge is -2.32. The third-order valence-electron chi connectivity index (χ3n) is 4.89. The maximum absolute atomic E-state index is 5.86. The zero-order valence-electron chi connectivity index (χ0n) is 16.0. The maximum atomic E-state index is 5.86. The fourth-order valence-electron chi connectivity index (χ4n) is 3.80. The second-order valence-corrected chi connectivity index (χ2v) is 8.50. The lowest BCUT2D eigenvalue weighted by atomic mass is 10.2. The van der Waals surface area contributed by atoms with Crippen LogP contribution in [0, 0.1) is 4.77 Å². The fourth-order valence-corrected chi connectivity index (χ4v) is 4.36. The van der Waals surface area contributed by atoms with E-state index in [1.54, 1.807) is 0 Å². The number of morpholine rings is 1. The Bertz CT molecular complexity index is 987. The number of aromatic nitrogens is 3. The van der Waals surface area contributed by atoms with Crippen molar-refractivity contribution in [3.8, 4) is 11.6 Å². The van der Waals surface area contributed by atoms with E-state index < -0.39 is 0 Å². The van der Waals surface area contributed by atoms with E-state index in [0.717, 1.165) is 18.9 Å². The highest BCUT2D eigenvalue weighted by Gasteiger charge is 2.27. The molecular weight excluding hydrogens is 440 g/mol. The highest BCUT2D eigenvalue weighted by molar-refractivity contribution is 9.10. The summed E-state index contributed by atoms with van der Waals surface area (Å²) in [4.78, 5) is 1.42. The van der Waals surface area contributed by atoms with E-state index in [4.69, 9.17) is 26.5 Å². The number of ether oxygens (including phenoxy) is 1. The standard InChI is InChI=1S/C20H23BrN4O2S/c1-14-10-23(11-15(2)26-14)13-25-20(28)24(12-16-6-4-3-5-7-16)19(22-25)17-8-9-18(21)27-17/h3-9,14-15H,10-13H2,1-2H3/p+1/t14-,15-/m0/s1. The fraction of sp³-hybridized carbons (Fsp3) is 0.400. The molecule has 2 aromatic heterocycles. The molecule has 28 heavy (non-hydrogen) atoms. The molecule has 0 radical (unpaired) electrons. The number of halogens is 1. The Labute approximate surface area is 177 Å². The molecule has 0 amide bonds. The molecule has 1 aromatic carbocycles. The van der Waals surface area contributed by atoms with Gasteiger partial charge in [-0.1, -0.05) is 30.3 Å². The predicted molar refractivity (Wildman–Crippen MR) is 113 cm³/mol. The zero-order chi connectivity index (χ0) is 19.7. The Balaban J connectivity index is 1.68. The van der Waals surface area contributed by atoms with E-state index in [1.165, 1.54) is 10.5 Å². The van der Waals surface area contributed by atoms with Crippen molar-refractivity contribution in [3.63, 3.8) is 0 Å². The molecule has 1 aliphatic rings. The Morgan fingerprint density at radius 2 is 1.86 bits per heavy atom. The van der Waals surface area contributed by atoms with Gasteiger partial charge in [-0.3, -0.25) is 4.57 Å². The van der Waals surface area contributed by atoms with Gasteiger partial charge < -0.3 is 14.1 Å². The van der Waals surface area contributed by atoms with Crippen LogP contribution in [0.25, 0.3) is 11.6 Å². The average molecular weight is 464 g/mol. The van der Waals surface area contributed by atoms with Gasteiger partial charge in [-0.15, -0.1) is 5.10 Å². The second kappa shape index (κ2) is 8.32. The first-order valence-corrected chi connectivity index (χ1v) is 10.7. The van der Waals surface area contributed by atoms with E-state index >= 15 is 0 Å². The van der Waals surface area contributed by atoms with E-state index in [2.05, 4.69) is 41.9 Å². The summed E-state index contributed by atoms with van der Waals surface area (Å²) in [6, 6.07) is 14.1. The number of hydrogen-bond donors (Lipinski definition) is 1. The molecule has 4 rings (SSSR count). The van der Waals surface area contributed by atoms with E-state index in [-0.39, 0.29) is 12.2 Å². The van der Waals surface area contributed by atoms with Gasteiger partial charge in [0, 0.05) is 0 Å². The van der Waals surface area contributed by atoms with Crippen LogP contribution in [0.3, 0.4) is 0 Å². The molecular formula is C20H24BrN4O2S+. The smallest absolute Gasteiger partial charge is 0.203 e. The average Bonchev–Trinajstić information content (AvgIpc) is 3.20. The van der Waals surface area contributed by atoms with Crippen LogP contribution in [0.5, 0.6) is 0 Å². The molecule has 0 saturated carbocycles. The molecule has 2 atom stereocenters. The van der Waals surface area contributed by atoms with Crippen LogP contribution in [-0.2, 0) is 18.0 Å². The summed E-state index contributed by atoms with van der Waals surface area (Å²) >= 11 is 9.20. The molecule has 8 heteroatoms. The van der Waals surface area contributed by atoms with Crippen LogP contribution >= 0.6 is 28.1 Å². The van der Waals surface area contributed by atoms with Crippen molar-refractivity contribution in [1.29, 1.82) is 0 Å². The van der Waals surface area contributed by atoms with Crippen LogP contribution in [0.1, 0.15) is 19.4 Å². The van der Waals surface area contributed by atoms with Crippen molar-refractivity contribution in [2.75, 3.05) is 13.1 Å². The first kappa shape index (κ1) is 19.6. The number of nitrogens with one attached hydrogen (secondary N) is 1. The van der Waals surface area contributed by atoms with Crippen molar-refractivity contribution >= 4 is 28.1 Å². The van der Waals surface area contributed by atoms with Gasteiger partial charge in [0.15, 0.2) is 22.9 Å². The van der Waals surface area contributed by atoms with E-state index in [9.17, 15) is 0 Å². The van der Waals surface area contributed by atoms with Crippen molar-refractivity contribution in [2.24, 2.45) is 0 Å². The molecule has 0 spiro atoms. The van der Waals surface area contributed by atoms with Gasteiger partial charge >= 0.3 is 0 Å². The van der Waals surface area contributed by atoms with E-state index in [0.29, 0.717) is 28.4 Å². The van der Waals surface area contributed by atoms with Gasteiger partial charge in [0.1, 0.15) is 25.3 Å². The Kier molecular flexibility index (Phi) is 5.82. The number of furan rings is 1. The number of hydrogen-bond acceptors (Lipinski definition) is 4. The number of rotatable bonds is 5. The highest BCUT2D eigenvalue weighted by Crippen LogP contribution is 2.25. The topological polar surface area (TPSA) is 49.6 Å². The minimum absolute atomic E-state index is 0.236. The molecule has 6 nitrogen and oxygen atoms in total. The van der Waals surface area contributed by atoms with Gasteiger partial charge in [0.2, 0.25) is 4.77 Å². The highest BCUT2D eigenvalue weighted by atomic mass is 79.9. The predicted octanol–water partition coefficient (Wildman–Crippen LogP) is 3.13. The van der Waals surface area contributed by atoms with Gasteiger partial charge in [0.25, 0.3) is 0 Å². The third-order valence-corrected chi connectivity index (χ3v) is 5.75. The molecule has 1 fully saturated rings. The van der Waals surface area contributed by atoms with Crippen LogP contribution in [-0.4, -0.2) is 39.6 Å². The summed E-state index contributed by atoms with van der Waals surface area (Å²) in [6.45, 7) is 7.49. The normalized spacial score (nSPS) is 22.5. The number of benzene rings is 1. The molecule has 3 heterocycles. The van der Waals surface area contributed by atoms with Crippen LogP contribution < -0.4 is 4.90 Å². The van der Waals surface area contributed by atoms with Crippen LogP contribution in [0.2, 0.25) is 0 Å². The molecule has 0 aliphatic carbocycles. The number of quaternary nitrogens is 1. The maximum Gasteiger partial charge on any atom is 0.203 e. The van der Waals surface area contributed by atoms with Crippen LogP contribution in [0.4, 0.5) is 0 Å². The van der Waals surface area contributed by atoms with Gasteiger partial charge in [-0.25, -0.2) is 0 Å². The summed E-state index contributed by atoms with van der Waals surface area (Å²) in [5, 5.41) is 4.83. The Morgan fingerprint density at radius 3 is 2.50 bits per heavy atom. The van der Waals surface area contributed by atoms with Gasteiger partial charge in [-0.05, 0) is 59.7 Å². The lowest BCUT2D eigenvalue weighted by molar-refractivity contribution is -0.937. The first-order valence-electron chi connectivity index (χ1n) is 9.46. The minimum Gasteiger partial charge on any atom is -0.446 e. The van der Waals surface area contributed by atoms with Crippen molar-refractivity contribution < 1.29 is 14.1 Å². The summed E-state index contributed by atoms with van der Waals surface area (Å²) in [7, 11) is 0. The largest absolute Gasteiger partial charge is 0.446 e. The summed E-state index contributed by atoms with van der Waals surface area (Å²) in [5.41, 5.74) is 1.17. The van der Waals surface area contributed by atoms with Crippen molar-refractivity contribution in [2.45, 2.75) is 39.3 Å². The zero-order valence-corrected chi connectivity index (χ0v) is 18.4. The summed E-state index contributed by atoms with van der Waals surface area (Å²) in [6.07, 6.45) is 0.472.